The third-order valence-corrected chi connectivity index (χ3v) is 4.30. The van der Waals surface area contributed by atoms with Crippen molar-refractivity contribution in [1.82, 2.24) is 0 Å². The van der Waals surface area contributed by atoms with Gasteiger partial charge < -0.3 is 14.6 Å². The fourth-order valence-electron chi connectivity index (χ4n) is 2.97. The van der Waals surface area contributed by atoms with Gasteiger partial charge in [0.25, 0.3) is 5.91 Å². The molecule has 4 rings (SSSR count). The Morgan fingerprint density at radius 3 is 2.76 bits per heavy atom. The lowest BCUT2D eigenvalue weighted by Gasteiger charge is -2.11. The minimum absolute atomic E-state index is 0.00801. The highest BCUT2D eigenvalue weighted by atomic mass is 16.4. The number of nitrogens with zero attached hydrogens (tertiary/aromatic N) is 1. The van der Waals surface area contributed by atoms with Crippen molar-refractivity contribution in [1.29, 1.82) is 0 Å². The van der Waals surface area contributed by atoms with E-state index in [-0.39, 0.29) is 11.5 Å². The van der Waals surface area contributed by atoms with Gasteiger partial charge in [-0.25, -0.2) is 4.79 Å². The largest absolute Gasteiger partial charge is 0.422 e. The number of carbonyl (C=O) groups is 2. The van der Waals surface area contributed by atoms with E-state index in [4.69, 9.17) is 4.42 Å². The zero-order chi connectivity index (χ0) is 17.6. The van der Waals surface area contributed by atoms with Crippen molar-refractivity contribution in [2.24, 2.45) is 0 Å². The summed E-state index contributed by atoms with van der Waals surface area (Å²) in [5.74, 6) is -0.536. The van der Waals surface area contributed by atoms with E-state index in [1.54, 1.807) is 54.4 Å². The highest BCUT2D eigenvalue weighted by Gasteiger charge is 2.24. The molecule has 0 fully saturated rings. The van der Waals surface area contributed by atoms with Gasteiger partial charge in [0.05, 0.1) is 6.42 Å². The number of likely N-dealkylation sites (N-methyl/N-ethyl adjacent to an activating group) is 1. The molecular formula is C19H14N2O4. The van der Waals surface area contributed by atoms with Crippen LogP contribution < -0.4 is 15.8 Å². The molecule has 0 atom stereocenters. The van der Waals surface area contributed by atoms with E-state index < -0.39 is 11.5 Å². The van der Waals surface area contributed by atoms with Crippen LogP contribution in [0.1, 0.15) is 15.9 Å². The van der Waals surface area contributed by atoms with Crippen molar-refractivity contribution in [2.75, 3.05) is 17.3 Å². The molecule has 1 aliphatic heterocycles. The van der Waals surface area contributed by atoms with Crippen LogP contribution in [0, 0.1) is 0 Å². The molecule has 1 N–H and O–H groups in total. The maximum atomic E-state index is 12.5. The molecule has 6 nitrogen and oxygen atoms in total. The Balaban J connectivity index is 1.65. The summed E-state index contributed by atoms with van der Waals surface area (Å²) in [5.41, 5.74) is 1.88. The molecule has 0 spiro atoms. The molecule has 3 aromatic rings. The number of para-hydroxylation sites is 1. The minimum Gasteiger partial charge on any atom is -0.422 e. The molecule has 0 saturated heterocycles. The molecule has 2 amide bonds. The van der Waals surface area contributed by atoms with Gasteiger partial charge >= 0.3 is 5.63 Å². The number of rotatable bonds is 2. The van der Waals surface area contributed by atoms with Crippen LogP contribution in [0.15, 0.2) is 57.7 Å². The Morgan fingerprint density at radius 2 is 1.92 bits per heavy atom. The molecule has 0 unspecified atom stereocenters. The van der Waals surface area contributed by atoms with Gasteiger partial charge in [0.15, 0.2) is 0 Å². The topological polar surface area (TPSA) is 79.6 Å². The van der Waals surface area contributed by atoms with Crippen LogP contribution in [0.5, 0.6) is 0 Å². The Morgan fingerprint density at radius 1 is 1.12 bits per heavy atom. The van der Waals surface area contributed by atoms with Crippen molar-refractivity contribution in [2.45, 2.75) is 6.42 Å². The second kappa shape index (κ2) is 5.59. The first-order valence-corrected chi connectivity index (χ1v) is 7.76. The van der Waals surface area contributed by atoms with Crippen LogP contribution in [0.25, 0.3) is 11.0 Å². The molecule has 2 aromatic carbocycles. The third kappa shape index (κ3) is 2.57. The zero-order valence-electron chi connectivity index (χ0n) is 13.4. The molecule has 0 bridgehead atoms. The van der Waals surface area contributed by atoms with Gasteiger partial charge in [-0.2, -0.15) is 0 Å². The maximum Gasteiger partial charge on any atom is 0.349 e. The third-order valence-electron chi connectivity index (χ3n) is 4.30. The first kappa shape index (κ1) is 15.1. The van der Waals surface area contributed by atoms with Crippen LogP contribution in [0.3, 0.4) is 0 Å². The van der Waals surface area contributed by atoms with E-state index in [0.29, 0.717) is 23.1 Å². The summed E-state index contributed by atoms with van der Waals surface area (Å²) in [7, 11) is 1.71. The number of carbonyl (C=O) groups excluding carboxylic acids is 2. The summed E-state index contributed by atoms with van der Waals surface area (Å²) < 4.78 is 5.19. The van der Waals surface area contributed by atoms with Crippen LogP contribution in [0.2, 0.25) is 0 Å². The van der Waals surface area contributed by atoms with Crippen LogP contribution in [-0.4, -0.2) is 18.9 Å². The highest BCUT2D eigenvalue weighted by molar-refractivity contribution is 6.06. The van der Waals surface area contributed by atoms with Gasteiger partial charge in [0.1, 0.15) is 11.1 Å². The van der Waals surface area contributed by atoms with Gasteiger partial charge in [-0.05, 0) is 35.9 Å². The standard InChI is InChI=1S/C19H14N2O4/c1-21-15-7-6-13(8-12(15)10-17(21)22)20-18(23)14-9-11-4-2-3-5-16(11)25-19(14)24/h2-9H,10H2,1H3,(H,20,23). The van der Waals surface area contributed by atoms with Crippen LogP contribution >= 0.6 is 0 Å². The second-order valence-corrected chi connectivity index (χ2v) is 5.91. The first-order chi connectivity index (χ1) is 12.0. The fraction of sp³-hybridized carbons (Fsp3) is 0.105. The average Bonchev–Trinajstić information content (AvgIpc) is 2.88. The van der Waals surface area contributed by atoms with E-state index in [2.05, 4.69) is 5.32 Å². The maximum absolute atomic E-state index is 12.5. The van der Waals surface area contributed by atoms with Crippen molar-refractivity contribution in [3.05, 3.63) is 70.1 Å². The van der Waals surface area contributed by atoms with E-state index in [1.807, 2.05) is 0 Å². The fourth-order valence-corrected chi connectivity index (χ4v) is 2.97. The highest BCUT2D eigenvalue weighted by Crippen LogP contribution is 2.30. The Hall–Kier alpha value is -3.41. The number of nitrogens with one attached hydrogen (secondary N) is 1. The van der Waals surface area contributed by atoms with Crippen molar-refractivity contribution in [3.63, 3.8) is 0 Å². The zero-order valence-corrected chi connectivity index (χ0v) is 13.4. The Labute approximate surface area is 142 Å². The van der Waals surface area contributed by atoms with Gasteiger partial charge in [-0.15, -0.1) is 0 Å². The number of hydrogen-bond donors (Lipinski definition) is 1. The molecule has 1 aromatic heterocycles. The molecular weight excluding hydrogens is 320 g/mol. The lowest BCUT2D eigenvalue weighted by molar-refractivity contribution is -0.117. The minimum atomic E-state index is -0.688. The molecule has 2 heterocycles. The van der Waals surface area contributed by atoms with Gasteiger partial charge in [0, 0.05) is 23.8 Å². The first-order valence-electron chi connectivity index (χ1n) is 7.76. The van der Waals surface area contributed by atoms with Gasteiger partial charge in [-0.1, -0.05) is 18.2 Å². The van der Waals surface area contributed by atoms with E-state index in [9.17, 15) is 14.4 Å². The summed E-state index contributed by atoms with van der Waals surface area (Å²) in [4.78, 5) is 37.8. The van der Waals surface area contributed by atoms with E-state index in [1.165, 1.54) is 6.07 Å². The van der Waals surface area contributed by atoms with Crippen molar-refractivity contribution >= 4 is 34.2 Å². The molecule has 25 heavy (non-hydrogen) atoms. The molecule has 124 valence electrons. The van der Waals surface area contributed by atoms with Crippen molar-refractivity contribution in [3.8, 4) is 0 Å². The monoisotopic (exact) mass is 334 g/mol. The Kier molecular flexibility index (Phi) is 3.39. The molecule has 1 aliphatic rings. The predicted molar refractivity (Wildman–Crippen MR) is 94.0 cm³/mol. The van der Waals surface area contributed by atoms with Gasteiger partial charge in [0.2, 0.25) is 5.91 Å². The lowest BCUT2D eigenvalue weighted by Crippen LogP contribution is -2.21. The quantitative estimate of drug-likeness (QED) is 0.731. The second-order valence-electron chi connectivity index (χ2n) is 5.91. The summed E-state index contributed by atoms with van der Waals surface area (Å²) in [6.45, 7) is 0. The Bertz CT molecular complexity index is 1080. The summed E-state index contributed by atoms with van der Waals surface area (Å²) >= 11 is 0. The normalized spacial score (nSPS) is 13.2. The number of hydrogen-bond acceptors (Lipinski definition) is 4. The summed E-state index contributed by atoms with van der Waals surface area (Å²) in [6.07, 6.45) is 0.299. The van der Waals surface area contributed by atoms with Crippen LogP contribution in [0.4, 0.5) is 11.4 Å². The van der Waals surface area contributed by atoms with Crippen LogP contribution in [-0.2, 0) is 11.2 Å². The molecule has 0 saturated carbocycles. The predicted octanol–water partition coefficient (Wildman–Crippen LogP) is 2.56. The summed E-state index contributed by atoms with van der Waals surface area (Å²) in [5, 5.41) is 3.37. The molecule has 0 aliphatic carbocycles. The molecule has 0 radical (unpaired) electrons. The summed E-state index contributed by atoms with van der Waals surface area (Å²) in [6, 6.07) is 13.7. The smallest absolute Gasteiger partial charge is 0.349 e. The number of amides is 2. The number of fused-ring (bicyclic) bond motifs is 2. The lowest BCUT2D eigenvalue weighted by atomic mass is 10.1. The van der Waals surface area contributed by atoms with E-state index in [0.717, 1.165) is 11.3 Å². The number of anilines is 2. The SMILES string of the molecule is CN1C(=O)Cc2cc(NC(=O)c3cc4ccccc4oc3=O)ccc21. The van der Waals surface area contributed by atoms with E-state index >= 15 is 0 Å². The molecule has 6 heteroatoms. The van der Waals surface area contributed by atoms with Gasteiger partial charge in [-0.3, -0.25) is 9.59 Å². The average molecular weight is 334 g/mol. The number of benzene rings is 2. The van der Waals surface area contributed by atoms with Crippen molar-refractivity contribution < 1.29 is 14.0 Å².